The van der Waals surface area contributed by atoms with Crippen LogP contribution in [-0.2, 0) is 6.42 Å². The fourth-order valence-electron chi connectivity index (χ4n) is 2.03. The summed E-state index contributed by atoms with van der Waals surface area (Å²) < 4.78 is 1.15. The van der Waals surface area contributed by atoms with Crippen LogP contribution in [0.1, 0.15) is 32.8 Å². The minimum Gasteiger partial charge on any atom is -0.123 e. The Hall–Kier alpha value is -0.0100. The van der Waals surface area contributed by atoms with Crippen LogP contribution in [0.5, 0.6) is 0 Å². The van der Waals surface area contributed by atoms with Crippen molar-refractivity contribution in [3.63, 3.8) is 0 Å². The van der Waals surface area contributed by atoms with Crippen LogP contribution in [0, 0.1) is 5.41 Å². The van der Waals surface area contributed by atoms with Crippen LogP contribution in [0.3, 0.4) is 0 Å². The van der Waals surface area contributed by atoms with Gasteiger partial charge >= 0.3 is 0 Å². The molecule has 0 bridgehead atoms. The molecular weight excluding hydrogens is 272 g/mol. The minimum absolute atomic E-state index is 0.243. The monoisotopic (exact) mass is 288 g/mol. The summed E-state index contributed by atoms with van der Waals surface area (Å²) in [5, 5.41) is 0.243. The van der Waals surface area contributed by atoms with Gasteiger partial charge in [-0.25, -0.2) is 0 Å². The molecule has 0 N–H and O–H groups in total. The maximum Gasteiger partial charge on any atom is 0.0313 e. The lowest BCUT2D eigenvalue weighted by Crippen LogP contribution is -2.18. The van der Waals surface area contributed by atoms with E-state index in [0.717, 1.165) is 17.3 Å². The number of hydrogen-bond donors (Lipinski definition) is 0. The molecule has 15 heavy (non-hydrogen) atoms. The van der Waals surface area contributed by atoms with E-state index in [1.54, 1.807) is 0 Å². The third-order valence-corrected chi connectivity index (χ3v) is 3.05. The molecule has 0 saturated heterocycles. The molecule has 0 radical (unpaired) electrons. The van der Waals surface area contributed by atoms with Gasteiger partial charge in [0, 0.05) is 9.85 Å². The van der Waals surface area contributed by atoms with E-state index in [-0.39, 0.29) is 10.8 Å². The molecular formula is C13H18BrCl. The van der Waals surface area contributed by atoms with Crippen LogP contribution in [0.15, 0.2) is 28.7 Å². The summed E-state index contributed by atoms with van der Waals surface area (Å²) in [6.45, 7) is 6.60. The van der Waals surface area contributed by atoms with Crippen LogP contribution in [0.4, 0.5) is 0 Å². The highest BCUT2D eigenvalue weighted by molar-refractivity contribution is 9.10. The normalized spacial score (nSPS) is 13.9. The van der Waals surface area contributed by atoms with Crippen LogP contribution in [-0.4, -0.2) is 5.38 Å². The molecule has 2 heteroatoms. The summed E-state index contributed by atoms with van der Waals surface area (Å²) in [4.78, 5) is 0. The van der Waals surface area contributed by atoms with Gasteiger partial charge in [0.15, 0.2) is 0 Å². The third-order valence-electron chi connectivity index (χ3n) is 2.41. The lowest BCUT2D eigenvalue weighted by Gasteiger charge is -2.26. The first kappa shape index (κ1) is 13.1. The SMILES string of the molecule is CC(Cl)CC(C)(C)Cc1cccc(Br)c1. The highest BCUT2D eigenvalue weighted by Gasteiger charge is 2.20. The first-order valence-corrected chi connectivity index (χ1v) is 6.50. The quantitative estimate of drug-likeness (QED) is 0.682. The number of halogens is 2. The second-order valence-electron chi connectivity index (χ2n) is 4.96. The van der Waals surface area contributed by atoms with E-state index in [2.05, 4.69) is 61.0 Å². The summed E-state index contributed by atoms with van der Waals surface area (Å²) in [6, 6.07) is 8.49. The third kappa shape index (κ3) is 5.03. The summed E-state index contributed by atoms with van der Waals surface area (Å²) in [6.07, 6.45) is 2.12. The van der Waals surface area contributed by atoms with Crippen molar-refractivity contribution < 1.29 is 0 Å². The first-order chi connectivity index (χ1) is 6.89. The van der Waals surface area contributed by atoms with E-state index in [4.69, 9.17) is 11.6 Å². The van der Waals surface area contributed by atoms with Gasteiger partial charge in [-0.2, -0.15) is 0 Å². The molecule has 0 aliphatic carbocycles. The van der Waals surface area contributed by atoms with Gasteiger partial charge in [-0.1, -0.05) is 41.9 Å². The predicted octanol–water partition coefficient (Wildman–Crippen LogP) is 5.04. The van der Waals surface area contributed by atoms with Crippen LogP contribution in [0.2, 0.25) is 0 Å². The summed E-state index contributed by atoms with van der Waals surface area (Å²) in [7, 11) is 0. The molecule has 0 aliphatic heterocycles. The molecule has 0 amide bonds. The van der Waals surface area contributed by atoms with E-state index in [1.807, 2.05) is 0 Å². The second-order valence-corrected chi connectivity index (χ2v) is 6.62. The average Bonchev–Trinajstić information content (AvgIpc) is 1.99. The molecule has 1 unspecified atom stereocenters. The average molecular weight is 290 g/mol. The maximum atomic E-state index is 6.05. The molecule has 0 aromatic heterocycles. The van der Waals surface area contributed by atoms with Gasteiger partial charge in [0.25, 0.3) is 0 Å². The van der Waals surface area contributed by atoms with E-state index < -0.39 is 0 Å². The van der Waals surface area contributed by atoms with Crippen molar-refractivity contribution >= 4 is 27.5 Å². The second kappa shape index (κ2) is 5.36. The topological polar surface area (TPSA) is 0 Å². The summed E-state index contributed by atoms with van der Waals surface area (Å²) in [5.74, 6) is 0. The smallest absolute Gasteiger partial charge is 0.0313 e. The Morgan fingerprint density at radius 2 is 2.07 bits per heavy atom. The minimum atomic E-state index is 0.243. The molecule has 84 valence electrons. The molecule has 1 aromatic rings. The van der Waals surface area contributed by atoms with Gasteiger partial charge in [0.05, 0.1) is 0 Å². The molecule has 1 rings (SSSR count). The Kier molecular flexibility index (Phi) is 4.66. The van der Waals surface area contributed by atoms with Gasteiger partial charge in [-0.05, 0) is 42.9 Å². The van der Waals surface area contributed by atoms with Crippen LogP contribution in [0.25, 0.3) is 0 Å². The number of hydrogen-bond acceptors (Lipinski definition) is 0. The van der Waals surface area contributed by atoms with Gasteiger partial charge < -0.3 is 0 Å². The fourth-order valence-corrected chi connectivity index (χ4v) is 2.90. The molecule has 0 spiro atoms. The van der Waals surface area contributed by atoms with Gasteiger partial charge in [-0.15, -0.1) is 11.6 Å². The van der Waals surface area contributed by atoms with Crippen molar-refractivity contribution in [3.8, 4) is 0 Å². The Morgan fingerprint density at radius 1 is 1.40 bits per heavy atom. The van der Waals surface area contributed by atoms with Crippen LogP contribution < -0.4 is 0 Å². The lowest BCUT2D eigenvalue weighted by atomic mass is 9.82. The number of rotatable bonds is 4. The molecule has 0 fully saturated rings. The molecule has 0 saturated carbocycles. The Bertz CT molecular complexity index is 318. The number of alkyl halides is 1. The predicted molar refractivity (Wildman–Crippen MR) is 71.6 cm³/mol. The molecule has 0 nitrogen and oxygen atoms in total. The zero-order valence-corrected chi connectivity index (χ0v) is 11.9. The molecule has 0 heterocycles. The van der Waals surface area contributed by atoms with Gasteiger partial charge in [0.1, 0.15) is 0 Å². The maximum absolute atomic E-state index is 6.05. The first-order valence-electron chi connectivity index (χ1n) is 5.27. The largest absolute Gasteiger partial charge is 0.123 e. The zero-order chi connectivity index (χ0) is 11.5. The van der Waals surface area contributed by atoms with Gasteiger partial charge in [-0.3, -0.25) is 0 Å². The van der Waals surface area contributed by atoms with Crippen molar-refractivity contribution in [2.45, 2.75) is 39.0 Å². The Labute approximate surface area is 106 Å². The molecule has 1 atom stereocenters. The fraction of sp³-hybridized carbons (Fsp3) is 0.538. The van der Waals surface area contributed by atoms with Crippen molar-refractivity contribution in [2.24, 2.45) is 5.41 Å². The van der Waals surface area contributed by atoms with Crippen molar-refractivity contribution in [2.75, 3.05) is 0 Å². The Morgan fingerprint density at radius 3 is 2.60 bits per heavy atom. The van der Waals surface area contributed by atoms with E-state index in [1.165, 1.54) is 5.56 Å². The van der Waals surface area contributed by atoms with E-state index >= 15 is 0 Å². The highest BCUT2D eigenvalue weighted by atomic mass is 79.9. The summed E-state index contributed by atoms with van der Waals surface area (Å²) in [5.41, 5.74) is 1.63. The van der Waals surface area contributed by atoms with E-state index in [0.29, 0.717) is 0 Å². The van der Waals surface area contributed by atoms with Crippen molar-refractivity contribution in [1.82, 2.24) is 0 Å². The molecule has 0 aliphatic rings. The number of benzene rings is 1. The van der Waals surface area contributed by atoms with Crippen molar-refractivity contribution in [1.29, 1.82) is 0 Å². The Balaban J connectivity index is 2.68. The van der Waals surface area contributed by atoms with Crippen LogP contribution >= 0.6 is 27.5 Å². The lowest BCUT2D eigenvalue weighted by molar-refractivity contribution is 0.331. The van der Waals surface area contributed by atoms with Gasteiger partial charge in [0.2, 0.25) is 0 Å². The molecule has 1 aromatic carbocycles. The van der Waals surface area contributed by atoms with E-state index in [9.17, 15) is 0 Å². The highest BCUT2D eigenvalue weighted by Crippen LogP contribution is 2.29. The summed E-state index contributed by atoms with van der Waals surface area (Å²) >= 11 is 9.54. The van der Waals surface area contributed by atoms with Crippen molar-refractivity contribution in [3.05, 3.63) is 34.3 Å². The standard InChI is InChI=1S/C13H18BrCl/c1-10(15)8-13(2,3)9-11-5-4-6-12(14)7-11/h4-7,10H,8-9H2,1-3H3. The zero-order valence-electron chi connectivity index (χ0n) is 9.56.